The molecule has 0 aromatic rings. The standard InChI is InChI=1S/C8H15N3.2ClH/c9-3-1-6-11-7-2-4-10-5-8-11;;/h10H,1-2,4-8H2;2*1H. The lowest BCUT2D eigenvalue weighted by Gasteiger charge is -2.16. The molecular formula is C8H17Cl2N3. The van der Waals surface area contributed by atoms with Crippen molar-refractivity contribution in [1.29, 1.82) is 5.26 Å². The van der Waals surface area contributed by atoms with Crippen molar-refractivity contribution in [2.75, 3.05) is 32.7 Å². The van der Waals surface area contributed by atoms with Crippen molar-refractivity contribution in [3.63, 3.8) is 0 Å². The Morgan fingerprint density at radius 1 is 1.23 bits per heavy atom. The summed E-state index contributed by atoms with van der Waals surface area (Å²) in [5, 5.41) is 11.7. The first-order valence-electron chi connectivity index (χ1n) is 4.23. The smallest absolute Gasteiger partial charge is 0.0635 e. The van der Waals surface area contributed by atoms with Crippen molar-refractivity contribution in [1.82, 2.24) is 10.2 Å². The van der Waals surface area contributed by atoms with E-state index >= 15 is 0 Å². The van der Waals surface area contributed by atoms with Crippen LogP contribution >= 0.6 is 24.8 Å². The van der Waals surface area contributed by atoms with Crippen LogP contribution < -0.4 is 5.32 Å². The Morgan fingerprint density at radius 3 is 2.69 bits per heavy atom. The first-order valence-corrected chi connectivity index (χ1v) is 4.23. The van der Waals surface area contributed by atoms with Gasteiger partial charge in [-0.1, -0.05) is 0 Å². The molecule has 0 radical (unpaired) electrons. The Labute approximate surface area is 92.3 Å². The van der Waals surface area contributed by atoms with Crippen LogP contribution in [0.5, 0.6) is 0 Å². The number of nitriles is 1. The van der Waals surface area contributed by atoms with Crippen LogP contribution in [0.4, 0.5) is 0 Å². The van der Waals surface area contributed by atoms with Crippen LogP contribution in [0.25, 0.3) is 0 Å². The summed E-state index contributed by atoms with van der Waals surface area (Å²) in [5.74, 6) is 0. The second-order valence-electron chi connectivity index (χ2n) is 2.85. The Bertz CT molecular complexity index is 139. The summed E-state index contributed by atoms with van der Waals surface area (Å²) in [6, 6.07) is 2.17. The molecule has 0 spiro atoms. The monoisotopic (exact) mass is 225 g/mol. The molecule has 5 heteroatoms. The molecule has 0 saturated carbocycles. The average molecular weight is 226 g/mol. The fourth-order valence-electron chi connectivity index (χ4n) is 1.33. The Hall–Kier alpha value is -0.0100. The van der Waals surface area contributed by atoms with Gasteiger partial charge in [0.1, 0.15) is 0 Å². The number of rotatable bonds is 2. The summed E-state index contributed by atoms with van der Waals surface area (Å²) in [6.45, 7) is 5.39. The normalized spacial score (nSPS) is 17.5. The molecule has 1 aliphatic heterocycles. The third-order valence-electron chi connectivity index (χ3n) is 1.97. The van der Waals surface area contributed by atoms with Crippen molar-refractivity contribution in [2.24, 2.45) is 0 Å². The summed E-state index contributed by atoms with van der Waals surface area (Å²) < 4.78 is 0. The molecule has 0 bridgehead atoms. The Balaban J connectivity index is 0. The molecule has 1 fully saturated rings. The van der Waals surface area contributed by atoms with Gasteiger partial charge in [-0.05, 0) is 19.5 Å². The molecular weight excluding hydrogens is 209 g/mol. The molecule has 1 aliphatic rings. The van der Waals surface area contributed by atoms with E-state index in [1.807, 2.05) is 0 Å². The van der Waals surface area contributed by atoms with Crippen molar-refractivity contribution < 1.29 is 0 Å². The van der Waals surface area contributed by atoms with Gasteiger partial charge in [-0.3, -0.25) is 0 Å². The van der Waals surface area contributed by atoms with E-state index in [0.29, 0.717) is 6.42 Å². The maximum absolute atomic E-state index is 8.37. The molecule has 0 aromatic carbocycles. The van der Waals surface area contributed by atoms with Crippen LogP contribution in [0.1, 0.15) is 12.8 Å². The van der Waals surface area contributed by atoms with Crippen LogP contribution in [0.15, 0.2) is 0 Å². The zero-order valence-corrected chi connectivity index (χ0v) is 9.29. The molecule has 0 atom stereocenters. The summed E-state index contributed by atoms with van der Waals surface area (Å²) in [4.78, 5) is 2.35. The van der Waals surface area contributed by atoms with E-state index in [1.54, 1.807) is 0 Å². The summed E-state index contributed by atoms with van der Waals surface area (Å²) >= 11 is 0. The predicted molar refractivity (Wildman–Crippen MR) is 58.7 cm³/mol. The second kappa shape index (κ2) is 10.1. The van der Waals surface area contributed by atoms with Crippen LogP contribution in [-0.4, -0.2) is 37.6 Å². The minimum Gasteiger partial charge on any atom is -0.315 e. The van der Waals surface area contributed by atoms with Gasteiger partial charge in [0.15, 0.2) is 0 Å². The van der Waals surface area contributed by atoms with Crippen molar-refractivity contribution in [2.45, 2.75) is 12.8 Å². The first kappa shape index (κ1) is 15.5. The van der Waals surface area contributed by atoms with Gasteiger partial charge >= 0.3 is 0 Å². The lowest BCUT2D eigenvalue weighted by Crippen LogP contribution is -2.28. The number of halogens is 2. The second-order valence-corrected chi connectivity index (χ2v) is 2.85. The van der Waals surface area contributed by atoms with E-state index in [9.17, 15) is 0 Å². The Kier molecular flexibility index (Phi) is 12.0. The van der Waals surface area contributed by atoms with E-state index in [4.69, 9.17) is 5.26 Å². The third kappa shape index (κ3) is 7.09. The molecule has 0 unspecified atom stereocenters. The highest BCUT2D eigenvalue weighted by Gasteiger charge is 2.06. The van der Waals surface area contributed by atoms with Crippen molar-refractivity contribution in [3.8, 4) is 6.07 Å². The molecule has 1 heterocycles. The molecule has 0 amide bonds. The third-order valence-corrected chi connectivity index (χ3v) is 1.97. The first-order chi connectivity index (χ1) is 5.43. The molecule has 1 N–H and O–H groups in total. The van der Waals surface area contributed by atoms with E-state index < -0.39 is 0 Å². The van der Waals surface area contributed by atoms with Gasteiger partial charge in [-0.15, -0.1) is 24.8 Å². The van der Waals surface area contributed by atoms with Crippen LogP contribution in [0.3, 0.4) is 0 Å². The predicted octanol–water partition coefficient (Wildman–Crippen LogP) is 1.04. The average Bonchev–Trinajstić information content (AvgIpc) is 2.28. The highest BCUT2D eigenvalue weighted by Crippen LogP contribution is 1.95. The number of nitrogens with one attached hydrogen (secondary N) is 1. The van der Waals surface area contributed by atoms with Gasteiger partial charge in [0.2, 0.25) is 0 Å². The number of hydrogen-bond donors (Lipinski definition) is 1. The van der Waals surface area contributed by atoms with Gasteiger partial charge in [-0.2, -0.15) is 5.26 Å². The molecule has 0 aromatic heterocycles. The zero-order chi connectivity index (χ0) is 7.94. The fourth-order valence-corrected chi connectivity index (χ4v) is 1.33. The van der Waals surface area contributed by atoms with Crippen LogP contribution in [0, 0.1) is 11.3 Å². The van der Waals surface area contributed by atoms with Crippen LogP contribution in [0.2, 0.25) is 0 Å². The largest absolute Gasteiger partial charge is 0.315 e. The van der Waals surface area contributed by atoms with E-state index in [-0.39, 0.29) is 24.8 Å². The zero-order valence-electron chi connectivity index (χ0n) is 7.66. The summed E-state index contributed by atoms with van der Waals surface area (Å²) in [7, 11) is 0. The van der Waals surface area contributed by atoms with Gasteiger partial charge in [0, 0.05) is 26.1 Å². The molecule has 78 valence electrons. The maximum Gasteiger partial charge on any atom is 0.0635 e. The van der Waals surface area contributed by atoms with Gasteiger partial charge in [-0.25, -0.2) is 0 Å². The van der Waals surface area contributed by atoms with Gasteiger partial charge in [0.25, 0.3) is 0 Å². The van der Waals surface area contributed by atoms with E-state index in [2.05, 4.69) is 16.3 Å². The lowest BCUT2D eigenvalue weighted by atomic mass is 10.3. The molecule has 3 nitrogen and oxygen atoms in total. The van der Waals surface area contributed by atoms with E-state index in [0.717, 1.165) is 32.7 Å². The molecule has 0 aliphatic carbocycles. The van der Waals surface area contributed by atoms with Crippen molar-refractivity contribution >= 4 is 24.8 Å². The highest BCUT2D eigenvalue weighted by molar-refractivity contribution is 5.85. The minimum absolute atomic E-state index is 0. The van der Waals surface area contributed by atoms with Crippen molar-refractivity contribution in [3.05, 3.63) is 0 Å². The molecule has 1 rings (SSSR count). The van der Waals surface area contributed by atoms with Gasteiger partial charge < -0.3 is 10.2 Å². The number of hydrogen-bond acceptors (Lipinski definition) is 3. The summed E-state index contributed by atoms with van der Waals surface area (Å²) in [5.41, 5.74) is 0. The van der Waals surface area contributed by atoms with E-state index in [1.165, 1.54) is 6.42 Å². The minimum atomic E-state index is 0. The molecule has 13 heavy (non-hydrogen) atoms. The quantitative estimate of drug-likeness (QED) is 0.764. The topological polar surface area (TPSA) is 39.1 Å². The van der Waals surface area contributed by atoms with Gasteiger partial charge in [0.05, 0.1) is 6.07 Å². The van der Waals surface area contributed by atoms with Crippen LogP contribution in [-0.2, 0) is 0 Å². The number of nitrogens with zero attached hydrogens (tertiary/aromatic N) is 2. The molecule has 1 saturated heterocycles. The lowest BCUT2D eigenvalue weighted by molar-refractivity contribution is 0.299. The highest BCUT2D eigenvalue weighted by atomic mass is 35.5. The SMILES string of the molecule is Cl.Cl.N#CCCN1CCCNCC1. The fraction of sp³-hybridized carbons (Fsp3) is 0.875. The maximum atomic E-state index is 8.37. The Morgan fingerprint density at radius 2 is 2.00 bits per heavy atom. The summed E-state index contributed by atoms with van der Waals surface area (Å²) in [6.07, 6.45) is 1.88.